The molecule has 0 radical (unpaired) electrons. The molecule has 2 aromatic carbocycles. The van der Waals surface area contributed by atoms with E-state index in [0.717, 1.165) is 35.9 Å². The van der Waals surface area contributed by atoms with Crippen molar-refractivity contribution in [3.05, 3.63) is 65.2 Å². The molecule has 0 aliphatic carbocycles. The SMILES string of the molecule is CN(C)C/C=C/C(=O)Nc1cc2c(Nc3ccc(F)c(Cl)c3)ncnc2cc1C[C@H]1CCOC1. The molecule has 34 heavy (non-hydrogen) atoms. The Morgan fingerprint density at radius 1 is 1.29 bits per heavy atom. The number of carbonyl (C=O) groups is 1. The zero-order valence-electron chi connectivity index (χ0n) is 19.1. The monoisotopic (exact) mass is 483 g/mol. The molecule has 2 N–H and O–H groups in total. The second kappa shape index (κ2) is 10.9. The second-order valence-corrected chi connectivity index (χ2v) is 9.00. The average Bonchev–Trinajstić information content (AvgIpc) is 3.30. The highest BCUT2D eigenvalue weighted by atomic mass is 35.5. The van der Waals surface area contributed by atoms with Gasteiger partial charge in [-0.05, 0) is 68.8 Å². The summed E-state index contributed by atoms with van der Waals surface area (Å²) in [7, 11) is 3.88. The summed E-state index contributed by atoms with van der Waals surface area (Å²) in [5.41, 5.74) is 3.03. The highest BCUT2D eigenvalue weighted by Crippen LogP contribution is 2.32. The average molecular weight is 484 g/mol. The van der Waals surface area contributed by atoms with E-state index in [4.69, 9.17) is 16.3 Å². The van der Waals surface area contributed by atoms with Crippen molar-refractivity contribution < 1.29 is 13.9 Å². The third-order valence-electron chi connectivity index (χ3n) is 5.57. The minimum atomic E-state index is -0.493. The standard InChI is InChI=1S/C25H27ClFN5O2/c1-32(2)8-3-4-24(33)31-22-13-19-23(11-17(22)10-16-7-9-34-14-16)28-15-29-25(19)30-18-5-6-21(27)20(26)12-18/h3-6,11-13,15-16H,7-10,14H2,1-2H3,(H,31,33)(H,28,29,30)/b4-3+/t16-/m1/s1. The lowest BCUT2D eigenvalue weighted by molar-refractivity contribution is -0.111. The number of carbonyl (C=O) groups excluding carboxylic acids is 1. The van der Waals surface area contributed by atoms with Crippen LogP contribution in [-0.4, -0.2) is 54.6 Å². The van der Waals surface area contributed by atoms with E-state index in [0.29, 0.717) is 36.3 Å². The number of anilines is 3. The summed E-state index contributed by atoms with van der Waals surface area (Å²) in [5.74, 6) is 0.217. The third kappa shape index (κ3) is 6.08. The first-order chi connectivity index (χ1) is 16.4. The van der Waals surface area contributed by atoms with Gasteiger partial charge in [0.05, 0.1) is 10.5 Å². The van der Waals surface area contributed by atoms with E-state index in [-0.39, 0.29) is 10.9 Å². The van der Waals surface area contributed by atoms with E-state index < -0.39 is 5.82 Å². The summed E-state index contributed by atoms with van der Waals surface area (Å²) in [6, 6.07) is 8.24. The highest BCUT2D eigenvalue weighted by molar-refractivity contribution is 6.31. The number of amides is 1. The summed E-state index contributed by atoms with van der Waals surface area (Å²) in [6.45, 7) is 2.12. The van der Waals surface area contributed by atoms with Crippen LogP contribution in [0.5, 0.6) is 0 Å². The van der Waals surface area contributed by atoms with Gasteiger partial charge < -0.3 is 20.3 Å². The number of fused-ring (bicyclic) bond motifs is 1. The number of hydrogen-bond acceptors (Lipinski definition) is 6. The normalized spacial score (nSPS) is 16.0. The van der Waals surface area contributed by atoms with Gasteiger partial charge in [0.1, 0.15) is 18.0 Å². The minimum absolute atomic E-state index is 0.0156. The lowest BCUT2D eigenvalue weighted by atomic mass is 9.96. The van der Waals surface area contributed by atoms with E-state index in [1.807, 2.05) is 37.2 Å². The largest absolute Gasteiger partial charge is 0.381 e. The molecule has 1 aliphatic heterocycles. The molecule has 1 aliphatic rings. The van der Waals surface area contributed by atoms with Gasteiger partial charge in [0.2, 0.25) is 5.91 Å². The molecule has 1 fully saturated rings. The molecule has 4 rings (SSSR count). The van der Waals surface area contributed by atoms with Gasteiger partial charge in [-0.25, -0.2) is 14.4 Å². The molecule has 178 valence electrons. The van der Waals surface area contributed by atoms with Crippen LogP contribution in [0.4, 0.5) is 21.6 Å². The number of nitrogens with zero attached hydrogens (tertiary/aromatic N) is 3. The Morgan fingerprint density at radius 2 is 2.15 bits per heavy atom. The molecule has 1 saturated heterocycles. The van der Waals surface area contributed by atoms with Crippen molar-refractivity contribution in [3.8, 4) is 0 Å². The maximum Gasteiger partial charge on any atom is 0.248 e. The molecule has 0 bridgehead atoms. The fraction of sp³-hybridized carbons (Fsp3) is 0.320. The van der Waals surface area contributed by atoms with Gasteiger partial charge >= 0.3 is 0 Å². The third-order valence-corrected chi connectivity index (χ3v) is 5.86. The zero-order valence-corrected chi connectivity index (χ0v) is 19.9. The summed E-state index contributed by atoms with van der Waals surface area (Å²) < 4.78 is 19.1. The van der Waals surface area contributed by atoms with Crippen molar-refractivity contribution in [2.24, 2.45) is 5.92 Å². The quantitative estimate of drug-likeness (QED) is 0.448. The van der Waals surface area contributed by atoms with Gasteiger partial charge in [-0.15, -0.1) is 0 Å². The fourth-order valence-corrected chi connectivity index (χ4v) is 4.02. The maximum atomic E-state index is 13.6. The van der Waals surface area contributed by atoms with E-state index >= 15 is 0 Å². The molecule has 9 heteroatoms. The Morgan fingerprint density at radius 3 is 2.88 bits per heavy atom. The van der Waals surface area contributed by atoms with Crippen LogP contribution >= 0.6 is 11.6 Å². The molecule has 7 nitrogen and oxygen atoms in total. The predicted octanol–water partition coefficient (Wildman–Crippen LogP) is 4.80. The van der Waals surface area contributed by atoms with Crippen molar-refractivity contribution in [2.75, 3.05) is 44.5 Å². The molecule has 0 spiro atoms. The number of aromatic nitrogens is 2. The topological polar surface area (TPSA) is 79.4 Å². The fourth-order valence-electron chi connectivity index (χ4n) is 3.84. The molecule has 1 amide bonds. The number of halogens is 2. The zero-order chi connectivity index (χ0) is 24.1. The smallest absolute Gasteiger partial charge is 0.248 e. The molecule has 3 aromatic rings. The van der Waals surface area contributed by atoms with Crippen molar-refractivity contribution in [1.82, 2.24) is 14.9 Å². The van der Waals surface area contributed by atoms with Gasteiger partial charge in [-0.2, -0.15) is 0 Å². The Balaban J connectivity index is 1.68. The Kier molecular flexibility index (Phi) is 7.72. The van der Waals surface area contributed by atoms with Gasteiger partial charge in [0.25, 0.3) is 0 Å². The number of likely N-dealkylation sites (N-methyl/N-ethyl adjacent to an activating group) is 1. The van der Waals surface area contributed by atoms with E-state index in [9.17, 15) is 9.18 Å². The summed E-state index contributed by atoms with van der Waals surface area (Å²) in [5, 5.41) is 6.94. The van der Waals surface area contributed by atoms with Crippen LogP contribution in [-0.2, 0) is 16.0 Å². The lowest BCUT2D eigenvalue weighted by Gasteiger charge is -2.16. The highest BCUT2D eigenvalue weighted by Gasteiger charge is 2.20. The predicted molar refractivity (Wildman–Crippen MR) is 133 cm³/mol. The van der Waals surface area contributed by atoms with Crippen LogP contribution in [0.15, 0.2) is 48.8 Å². The maximum absolute atomic E-state index is 13.6. The van der Waals surface area contributed by atoms with E-state index in [1.165, 1.54) is 24.5 Å². The number of benzene rings is 2. The number of rotatable bonds is 8. The molecule has 1 atom stereocenters. The van der Waals surface area contributed by atoms with Crippen molar-refractivity contribution in [2.45, 2.75) is 12.8 Å². The van der Waals surface area contributed by atoms with Crippen LogP contribution in [0.1, 0.15) is 12.0 Å². The van der Waals surface area contributed by atoms with Gasteiger partial charge in [0, 0.05) is 42.6 Å². The first-order valence-corrected chi connectivity index (χ1v) is 11.5. The Hall–Kier alpha value is -3.07. The Labute approximate surface area is 203 Å². The first-order valence-electron chi connectivity index (χ1n) is 11.1. The van der Waals surface area contributed by atoms with Gasteiger partial charge in [0.15, 0.2) is 0 Å². The van der Waals surface area contributed by atoms with Crippen LogP contribution in [0.25, 0.3) is 10.9 Å². The summed E-state index contributed by atoms with van der Waals surface area (Å²) in [4.78, 5) is 23.4. The summed E-state index contributed by atoms with van der Waals surface area (Å²) >= 11 is 5.93. The Bertz CT molecular complexity index is 1210. The van der Waals surface area contributed by atoms with Crippen molar-refractivity contribution in [3.63, 3.8) is 0 Å². The number of nitrogens with one attached hydrogen (secondary N) is 2. The van der Waals surface area contributed by atoms with E-state index in [2.05, 4.69) is 20.6 Å². The van der Waals surface area contributed by atoms with Crippen LogP contribution in [0.2, 0.25) is 5.02 Å². The van der Waals surface area contributed by atoms with Gasteiger partial charge in [-0.3, -0.25) is 4.79 Å². The number of ether oxygens (including phenoxy) is 1. The van der Waals surface area contributed by atoms with Crippen LogP contribution < -0.4 is 10.6 Å². The van der Waals surface area contributed by atoms with Gasteiger partial charge in [-0.1, -0.05) is 17.7 Å². The lowest BCUT2D eigenvalue weighted by Crippen LogP contribution is -2.14. The molecular formula is C25H27ClFN5O2. The first kappa shape index (κ1) is 24.1. The molecule has 0 saturated carbocycles. The van der Waals surface area contributed by atoms with Crippen LogP contribution in [0.3, 0.4) is 0 Å². The molecule has 2 heterocycles. The molecule has 0 unspecified atom stereocenters. The number of hydrogen-bond donors (Lipinski definition) is 2. The van der Waals surface area contributed by atoms with Crippen molar-refractivity contribution in [1.29, 1.82) is 0 Å². The second-order valence-electron chi connectivity index (χ2n) is 8.59. The van der Waals surface area contributed by atoms with Crippen molar-refractivity contribution >= 4 is 45.6 Å². The van der Waals surface area contributed by atoms with E-state index in [1.54, 1.807) is 6.07 Å². The minimum Gasteiger partial charge on any atom is -0.381 e. The summed E-state index contributed by atoms with van der Waals surface area (Å²) in [6.07, 6.45) is 6.58. The molecule has 1 aromatic heterocycles. The van der Waals surface area contributed by atoms with Crippen LogP contribution in [0, 0.1) is 11.7 Å². The molecular weight excluding hydrogens is 457 g/mol.